The summed E-state index contributed by atoms with van der Waals surface area (Å²) in [5, 5.41) is 2.83. The highest BCUT2D eigenvalue weighted by Gasteiger charge is 2.18. The van der Waals surface area contributed by atoms with E-state index in [1.807, 2.05) is 43.3 Å². The van der Waals surface area contributed by atoms with E-state index in [-0.39, 0.29) is 5.91 Å². The maximum Gasteiger partial charge on any atom is 0.273 e. The molecule has 0 saturated carbocycles. The Hall–Kier alpha value is -2.95. The molecule has 5 nitrogen and oxygen atoms in total. The van der Waals surface area contributed by atoms with Gasteiger partial charge in [-0.3, -0.25) is 9.78 Å². The summed E-state index contributed by atoms with van der Waals surface area (Å²) in [6, 6.07) is 11.5. The number of nitrogens with zero attached hydrogens (tertiary/aromatic N) is 2. The quantitative estimate of drug-likeness (QED) is 0.803. The molecule has 0 aliphatic rings. The van der Waals surface area contributed by atoms with Crippen molar-refractivity contribution in [1.29, 1.82) is 0 Å². The first-order chi connectivity index (χ1) is 11.1. The van der Waals surface area contributed by atoms with Crippen LogP contribution in [0.25, 0.3) is 11.5 Å². The molecule has 0 fully saturated rings. The average molecular weight is 307 g/mol. The number of benzene rings is 1. The first-order valence-corrected chi connectivity index (χ1v) is 7.35. The van der Waals surface area contributed by atoms with Gasteiger partial charge in [-0.05, 0) is 37.1 Å². The van der Waals surface area contributed by atoms with Crippen LogP contribution in [0, 0.1) is 13.8 Å². The first-order valence-electron chi connectivity index (χ1n) is 7.35. The average Bonchev–Trinajstić information content (AvgIpc) is 2.96. The van der Waals surface area contributed by atoms with Crippen molar-refractivity contribution in [2.45, 2.75) is 20.4 Å². The lowest BCUT2D eigenvalue weighted by Gasteiger charge is -2.02. The van der Waals surface area contributed by atoms with Crippen LogP contribution >= 0.6 is 0 Å². The van der Waals surface area contributed by atoms with Crippen molar-refractivity contribution in [3.05, 3.63) is 71.4 Å². The van der Waals surface area contributed by atoms with Gasteiger partial charge < -0.3 is 9.73 Å². The van der Waals surface area contributed by atoms with Crippen molar-refractivity contribution in [3.8, 4) is 11.5 Å². The summed E-state index contributed by atoms with van der Waals surface area (Å²) in [5.74, 6) is 0.717. The third-order valence-electron chi connectivity index (χ3n) is 3.56. The normalized spacial score (nSPS) is 10.5. The zero-order valence-corrected chi connectivity index (χ0v) is 13.0. The zero-order valence-electron chi connectivity index (χ0n) is 13.0. The minimum Gasteiger partial charge on any atom is -0.441 e. The molecule has 5 heteroatoms. The lowest BCUT2D eigenvalue weighted by molar-refractivity contribution is 0.0945. The molecule has 2 heterocycles. The molecule has 1 amide bonds. The summed E-state index contributed by atoms with van der Waals surface area (Å²) in [7, 11) is 0. The number of hydrogen-bond acceptors (Lipinski definition) is 4. The van der Waals surface area contributed by atoms with E-state index in [1.165, 1.54) is 0 Å². The van der Waals surface area contributed by atoms with Gasteiger partial charge in [-0.25, -0.2) is 4.98 Å². The number of pyridine rings is 1. The molecule has 0 saturated heterocycles. The Bertz CT molecular complexity index is 825. The van der Waals surface area contributed by atoms with E-state index in [2.05, 4.69) is 15.3 Å². The summed E-state index contributed by atoms with van der Waals surface area (Å²) in [6.45, 7) is 4.13. The Labute approximate surface area is 134 Å². The minimum absolute atomic E-state index is 0.255. The van der Waals surface area contributed by atoms with E-state index >= 15 is 0 Å². The van der Waals surface area contributed by atoms with Crippen molar-refractivity contribution in [2.75, 3.05) is 0 Å². The SMILES string of the molecule is Cc1ccccc1-c1nc(C(=O)NCc2cccnc2)c(C)o1. The lowest BCUT2D eigenvalue weighted by Crippen LogP contribution is -2.23. The van der Waals surface area contributed by atoms with Gasteiger partial charge >= 0.3 is 0 Å². The van der Waals surface area contributed by atoms with Crippen LogP contribution in [0.2, 0.25) is 0 Å². The molecular weight excluding hydrogens is 290 g/mol. The predicted octanol–water partition coefficient (Wildman–Crippen LogP) is 3.28. The fourth-order valence-corrected chi connectivity index (χ4v) is 2.30. The first kappa shape index (κ1) is 15.0. The molecule has 0 unspecified atom stereocenters. The summed E-state index contributed by atoms with van der Waals surface area (Å²) >= 11 is 0. The summed E-state index contributed by atoms with van der Waals surface area (Å²) < 4.78 is 5.67. The largest absolute Gasteiger partial charge is 0.441 e. The van der Waals surface area contributed by atoms with E-state index in [4.69, 9.17) is 4.42 Å². The summed E-state index contributed by atoms with van der Waals surface area (Å²) in [6.07, 6.45) is 3.41. The van der Waals surface area contributed by atoms with Crippen LogP contribution in [-0.4, -0.2) is 15.9 Å². The molecule has 116 valence electrons. The van der Waals surface area contributed by atoms with Gasteiger partial charge in [0.15, 0.2) is 5.69 Å². The van der Waals surface area contributed by atoms with Crippen molar-refractivity contribution in [3.63, 3.8) is 0 Å². The highest BCUT2D eigenvalue weighted by atomic mass is 16.4. The van der Waals surface area contributed by atoms with Crippen molar-refractivity contribution < 1.29 is 9.21 Å². The smallest absolute Gasteiger partial charge is 0.273 e. The van der Waals surface area contributed by atoms with Crippen LogP contribution in [0.5, 0.6) is 0 Å². The van der Waals surface area contributed by atoms with Crippen molar-refractivity contribution in [2.24, 2.45) is 0 Å². The number of aromatic nitrogens is 2. The van der Waals surface area contributed by atoms with Gasteiger partial charge in [0.2, 0.25) is 5.89 Å². The standard InChI is InChI=1S/C18H17N3O2/c1-12-6-3-4-8-15(12)18-21-16(13(2)23-18)17(22)20-11-14-7-5-9-19-10-14/h3-10H,11H2,1-2H3,(H,20,22). The van der Waals surface area contributed by atoms with Gasteiger partial charge in [-0.1, -0.05) is 24.3 Å². The van der Waals surface area contributed by atoms with Crippen molar-refractivity contribution in [1.82, 2.24) is 15.3 Å². The van der Waals surface area contributed by atoms with E-state index in [0.29, 0.717) is 23.9 Å². The third kappa shape index (κ3) is 3.29. The van der Waals surface area contributed by atoms with E-state index in [1.54, 1.807) is 19.3 Å². The van der Waals surface area contributed by atoms with Gasteiger partial charge in [0.1, 0.15) is 5.76 Å². The Kier molecular flexibility index (Phi) is 4.19. The van der Waals surface area contributed by atoms with E-state index in [9.17, 15) is 4.79 Å². The Morgan fingerprint density at radius 2 is 2.00 bits per heavy atom. The monoisotopic (exact) mass is 307 g/mol. The number of carbonyl (C=O) groups excluding carboxylic acids is 1. The molecular formula is C18H17N3O2. The lowest BCUT2D eigenvalue weighted by atomic mass is 10.1. The number of oxazole rings is 1. The molecule has 0 spiro atoms. The maximum absolute atomic E-state index is 12.3. The molecule has 1 aromatic carbocycles. The molecule has 0 aliphatic heterocycles. The highest BCUT2D eigenvalue weighted by Crippen LogP contribution is 2.24. The van der Waals surface area contributed by atoms with Crippen LogP contribution in [0.4, 0.5) is 0 Å². The molecule has 0 radical (unpaired) electrons. The van der Waals surface area contributed by atoms with Gasteiger partial charge in [0.05, 0.1) is 0 Å². The minimum atomic E-state index is -0.255. The van der Waals surface area contributed by atoms with E-state index < -0.39 is 0 Å². The van der Waals surface area contributed by atoms with Crippen LogP contribution in [0.15, 0.2) is 53.2 Å². The second-order valence-corrected chi connectivity index (χ2v) is 5.28. The molecule has 23 heavy (non-hydrogen) atoms. The number of amides is 1. The van der Waals surface area contributed by atoms with Gasteiger partial charge in [-0.2, -0.15) is 0 Å². The number of nitrogens with one attached hydrogen (secondary N) is 1. The predicted molar refractivity (Wildman–Crippen MR) is 86.8 cm³/mol. The highest BCUT2D eigenvalue weighted by molar-refractivity contribution is 5.93. The molecule has 2 aromatic heterocycles. The van der Waals surface area contributed by atoms with Crippen LogP contribution in [0.3, 0.4) is 0 Å². The van der Waals surface area contributed by atoms with Crippen LogP contribution < -0.4 is 5.32 Å². The molecule has 3 aromatic rings. The molecule has 0 aliphatic carbocycles. The summed E-state index contributed by atoms with van der Waals surface area (Å²) in [5.41, 5.74) is 3.19. The second kappa shape index (κ2) is 6.44. The number of carbonyl (C=O) groups is 1. The van der Waals surface area contributed by atoms with Gasteiger partial charge in [-0.15, -0.1) is 0 Å². The Morgan fingerprint density at radius 3 is 2.74 bits per heavy atom. The zero-order chi connectivity index (χ0) is 16.2. The molecule has 1 N–H and O–H groups in total. The third-order valence-corrected chi connectivity index (χ3v) is 3.56. The Balaban J connectivity index is 1.78. The number of aryl methyl sites for hydroxylation is 2. The molecule has 3 rings (SSSR count). The van der Waals surface area contributed by atoms with Crippen molar-refractivity contribution >= 4 is 5.91 Å². The fourth-order valence-electron chi connectivity index (χ4n) is 2.30. The van der Waals surface area contributed by atoms with Gasteiger partial charge in [0, 0.05) is 24.5 Å². The molecule has 0 bridgehead atoms. The van der Waals surface area contributed by atoms with Gasteiger partial charge in [0.25, 0.3) is 5.91 Å². The summed E-state index contributed by atoms with van der Waals surface area (Å²) in [4.78, 5) is 20.7. The second-order valence-electron chi connectivity index (χ2n) is 5.28. The fraction of sp³-hybridized carbons (Fsp3) is 0.167. The van der Waals surface area contributed by atoms with Crippen LogP contribution in [-0.2, 0) is 6.54 Å². The molecule has 0 atom stereocenters. The number of rotatable bonds is 4. The maximum atomic E-state index is 12.3. The number of hydrogen-bond donors (Lipinski definition) is 1. The van der Waals surface area contributed by atoms with Crippen LogP contribution in [0.1, 0.15) is 27.4 Å². The Morgan fingerprint density at radius 1 is 1.17 bits per heavy atom. The van der Waals surface area contributed by atoms with E-state index in [0.717, 1.165) is 16.7 Å². The topological polar surface area (TPSA) is 68.0 Å².